The van der Waals surface area contributed by atoms with Gasteiger partial charge in [-0.1, -0.05) is 30.3 Å². The van der Waals surface area contributed by atoms with Crippen LogP contribution < -0.4 is 16.0 Å². The van der Waals surface area contributed by atoms with Gasteiger partial charge in [0.1, 0.15) is 6.04 Å². The van der Waals surface area contributed by atoms with Gasteiger partial charge >= 0.3 is 17.8 Å². The third-order valence-electron chi connectivity index (χ3n) is 5.02. The van der Waals surface area contributed by atoms with Crippen molar-refractivity contribution < 1.29 is 28.7 Å². The van der Waals surface area contributed by atoms with Crippen molar-refractivity contribution in [3.05, 3.63) is 35.9 Å². The molecule has 0 saturated carbocycles. The molecule has 6 amide bonds. The van der Waals surface area contributed by atoms with E-state index in [9.17, 15) is 24.0 Å². The summed E-state index contributed by atoms with van der Waals surface area (Å²) in [4.78, 5) is 63.8. The fraction of sp³-hybridized carbons (Fsp3) is 0.421. The standard InChI is InChI=1S/C19H23N5O6/c1-3-23-9-10-24(18(28)17(23)27)19(29)21-12(11-7-5-4-6-8-11)14(25)20-13-15(26)22-16(13)30-2/h4-8,12-13,16H,3,9-10H2,1-2H3,(H,20,25)(H,21,29)(H,22,26)/t12-,13-,16-/m1/s1. The Morgan fingerprint density at radius 2 is 1.87 bits per heavy atom. The number of hydrogen-bond donors (Lipinski definition) is 3. The molecule has 0 aliphatic carbocycles. The molecular formula is C19H23N5O6. The highest BCUT2D eigenvalue weighted by atomic mass is 16.5. The minimum atomic E-state index is -1.18. The maximum Gasteiger partial charge on any atom is 0.325 e. The van der Waals surface area contributed by atoms with E-state index in [-0.39, 0.29) is 13.1 Å². The van der Waals surface area contributed by atoms with Crippen molar-refractivity contribution in [3.8, 4) is 0 Å². The van der Waals surface area contributed by atoms with Gasteiger partial charge < -0.3 is 25.6 Å². The van der Waals surface area contributed by atoms with Crippen LogP contribution in [-0.4, -0.2) is 78.5 Å². The average molecular weight is 417 g/mol. The lowest BCUT2D eigenvalue weighted by Crippen LogP contribution is -2.70. The summed E-state index contributed by atoms with van der Waals surface area (Å²) in [7, 11) is 1.39. The molecule has 0 bridgehead atoms. The summed E-state index contributed by atoms with van der Waals surface area (Å²) in [6.07, 6.45) is -0.671. The highest BCUT2D eigenvalue weighted by Crippen LogP contribution is 2.16. The number of likely N-dealkylation sites (N-methyl/N-ethyl adjacent to an activating group) is 1. The molecule has 11 nitrogen and oxygen atoms in total. The van der Waals surface area contributed by atoms with Crippen LogP contribution in [0.1, 0.15) is 18.5 Å². The van der Waals surface area contributed by atoms with Crippen molar-refractivity contribution in [2.24, 2.45) is 0 Å². The van der Waals surface area contributed by atoms with Crippen molar-refractivity contribution in [1.29, 1.82) is 0 Å². The molecule has 0 radical (unpaired) electrons. The summed E-state index contributed by atoms with van der Waals surface area (Å²) >= 11 is 0. The van der Waals surface area contributed by atoms with E-state index >= 15 is 0 Å². The normalized spacial score (nSPS) is 22.1. The Bertz CT molecular complexity index is 860. The van der Waals surface area contributed by atoms with Crippen LogP contribution in [0.25, 0.3) is 0 Å². The van der Waals surface area contributed by atoms with Gasteiger partial charge in [0, 0.05) is 26.7 Å². The number of nitrogens with one attached hydrogen (secondary N) is 3. The molecule has 3 N–H and O–H groups in total. The minimum Gasteiger partial charge on any atom is -0.359 e. The molecule has 0 unspecified atom stereocenters. The van der Waals surface area contributed by atoms with Gasteiger partial charge in [0.15, 0.2) is 12.3 Å². The summed E-state index contributed by atoms with van der Waals surface area (Å²) in [5.41, 5.74) is 0.447. The van der Waals surface area contributed by atoms with Crippen LogP contribution in [0.4, 0.5) is 4.79 Å². The molecule has 2 fully saturated rings. The summed E-state index contributed by atoms with van der Waals surface area (Å²) in [5, 5.41) is 7.52. The largest absolute Gasteiger partial charge is 0.359 e. The lowest BCUT2D eigenvalue weighted by molar-refractivity contribution is -0.153. The number of urea groups is 1. The molecule has 3 atom stereocenters. The molecule has 0 spiro atoms. The monoisotopic (exact) mass is 417 g/mol. The lowest BCUT2D eigenvalue weighted by atomic mass is 10.0. The van der Waals surface area contributed by atoms with E-state index in [0.29, 0.717) is 12.1 Å². The van der Waals surface area contributed by atoms with Gasteiger partial charge in [0.05, 0.1) is 0 Å². The number of piperazine rings is 1. The molecule has 11 heteroatoms. The summed E-state index contributed by atoms with van der Waals surface area (Å²) < 4.78 is 5.05. The zero-order valence-corrected chi connectivity index (χ0v) is 16.6. The Balaban J connectivity index is 1.76. The van der Waals surface area contributed by atoms with Crippen molar-refractivity contribution in [2.75, 3.05) is 26.7 Å². The molecule has 2 saturated heterocycles. The van der Waals surface area contributed by atoms with Crippen molar-refractivity contribution in [2.45, 2.75) is 25.2 Å². The maximum absolute atomic E-state index is 12.9. The Kier molecular flexibility index (Phi) is 6.31. The van der Waals surface area contributed by atoms with Gasteiger partial charge in [-0.05, 0) is 12.5 Å². The van der Waals surface area contributed by atoms with Crippen molar-refractivity contribution >= 4 is 29.7 Å². The van der Waals surface area contributed by atoms with Crippen molar-refractivity contribution in [1.82, 2.24) is 25.8 Å². The van der Waals surface area contributed by atoms with E-state index in [1.54, 1.807) is 37.3 Å². The summed E-state index contributed by atoms with van der Waals surface area (Å²) in [5.74, 6) is -2.79. The number of ether oxygens (including phenoxy) is 1. The smallest absolute Gasteiger partial charge is 0.325 e. The third-order valence-corrected chi connectivity index (χ3v) is 5.02. The Labute approximate surface area is 172 Å². The number of amides is 6. The van der Waals surface area contributed by atoms with Crippen molar-refractivity contribution in [3.63, 3.8) is 0 Å². The van der Waals surface area contributed by atoms with Crippen LogP contribution >= 0.6 is 0 Å². The molecule has 1 aromatic carbocycles. The van der Waals surface area contributed by atoms with Gasteiger partial charge in [-0.15, -0.1) is 0 Å². The third kappa shape index (κ3) is 4.10. The van der Waals surface area contributed by atoms with Gasteiger partial charge in [-0.3, -0.25) is 24.1 Å². The molecule has 2 aliphatic heterocycles. The van der Waals surface area contributed by atoms with Crippen LogP contribution in [0.15, 0.2) is 30.3 Å². The first-order valence-corrected chi connectivity index (χ1v) is 9.47. The number of nitrogens with zero attached hydrogens (tertiary/aromatic N) is 2. The Hall–Kier alpha value is -3.47. The number of hydrogen-bond acceptors (Lipinski definition) is 6. The Morgan fingerprint density at radius 1 is 1.17 bits per heavy atom. The average Bonchev–Trinajstić information content (AvgIpc) is 2.76. The zero-order chi connectivity index (χ0) is 21.8. The first-order chi connectivity index (χ1) is 14.4. The Morgan fingerprint density at radius 3 is 2.47 bits per heavy atom. The first kappa shape index (κ1) is 21.2. The van der Waals surface area contributed by atoms with E-state index in [4.69, 9.17) is 4.74 Å². The number of rotatable bonds is 6. The molecule has 2 heterocycles. The summed E-state index contributed by atoms with van der Waals surface area (Å²) in [6.45, 7) is 2.33. The first-order valence-electron chi connectivity index (χ1n) is 9.47. The topological polar surface area (TPSA) is 137 Å². The number of carbonyl (C=O) groups is 5. The minimum absolute atomic E-state index is 0.0180. The molecule has 0 aromatic heterocycles. The molecule has 160 valence electrons. The van der Waals surface area contributed by atoms with Gasteiger partial charge in [0.2, 0.25) is 11.8 Å². The number of imide groups is 1. The fourth-order valence-corrected chi connectivity index (χ4v) is 3.24. The highest BCUT2D eigenvalue weighted by Gasteiger charge is 2.42. The number of β-lactam (4-membered cyclic amide) rings is 1. The van der Waals surface area contributed by atoms with Crippen LogP contribution in [-0.2, 0) is 23.9 Å². The second-order valence-corrected chi connectivity index (χ2v) is 6.79. The van der Waals surface area contributed by atoms with Gasteiger partial charge in [0.25, 0.3) is 0 Å². The van der Waals surface area contributed by atoms with Crippen LogP contribution in [0.3, 0.4) is 0 Å². The van der Waals surface area contributed by atoms with E-state index < -0.39 is 48.0 Å². The predicted molar refractivity (Wildman–Crippen MR) is 103 cm³/mol. The van der Waals surface area contributed by atoms with E-state index in [1.165, 1.54) is 12.0 Å². The van der Waals surface area contributed by atoms with Crippen LogP contribution in [0.5, 0.6) is 0 Å². The molecular weight excluding hydrogens is 394 g/mol. The fourth-order valence-electron chi connectivity index (χ4n) is 3.24. The van der Waals surface area contributed by atoms with Crippen LogP contribution in [0.2, 0.25) is 0 Å². The summed E-state index contributed by atoms with van der Waals surface area (Å²) in [6, 6.07) is 5.41. The van der Waals surface area contributed by atoms with E-state index in [0.717, 1.165) is 4.90 Å². The zero-order valence-electron chi connectivity index (χ0n) is 16.6. The second-order valence-electron chi connectivity index (χ2n) is 6.79. The number of benzene rings is 1. The van der Waals surface area contributed by atoms with Crippen LogP contribution in [0, 0.1) is 0 Å². The van der Waals surface area contributed by atoms with Gasteiger partial charge in [-0.25, -0.2) is 4.79 Å². The number of carbonyl (C=O) groups excluding carboxylic acids is 5. The molecule has 1 aromatic rings. The second kappa shape index (κ2) is 8.91. The SMILES string of the molecule is CCN1CCN(C(=O)N[C@@H](C(=O)N[C@@H]2C(=O)N[C@@H]2OC)c2ccccc2)C(=O)C1=O. The number of methoxy groups -OCH3 is 1. The maximum atomic E-state index is 12.9. The molecule has 2 aliphatic rings. The van der Waals surface area contributed by atoms with E-state index in [2.05, 4.69) is 16.0 Å². The van der Waals surface area contributed by atoms with Gasteiger partial charge in [-0.2, -0.15) is 0 Å². The molecule has 30 heavy (non-hydrogen) atoms. The quantitative estimate of drug-likeness (QED) is 0.389. The van der Waals surface area contributed by atoms with E-state index in [1.807, 2.05) is 0 Å². The predicted octanol–water partition coefficient (Wildman–Crippen LogP) is -1.28. The lowest BCUT2D eigenvalue weighted by Gasteiger charge is -2.36. The highest BCUT2D eigenvalue weighted by molar-refractivity contribution is 6.38. The molecule has 3 rings (SSSR count).